The van der Waals surface area contributed by atoms with E-state index in [9.17, 15) is 13.2 Å². The number of benzene rings is 2. The smallest absolute Gasteiger partial charge is 0.258 e. The quantitative estimate of drug-likeness (QED) is 0.590. The van der Waals surface area contributed by atoms with E-state index >= 15 is 0 Å². The second-order valence-electron chi connectivity index (χ2n) is 8.23. The average molecular weight is 475 g/mol. The van der Waals surface area contributed by atoms with Crippen molar-refractivity contribution >= 4 is 32.5 Å². The lowest BCUT2D eigenvalue weighted by atomic mass is 9.99. The molecule has 1 aliphatic rings. The van der Waals surface area contributed by atoms with E-state index in [-0.39, 0.29) is 5.56 Å². The number of aromatic nitrogens is 2. The first-order valence-corrected chi connectivity index (χ1v) is 12.6. The van der Waals surface area contributed by atoms with Crippen molar-refractivity contribution < 1.29 is 8.42 Å². The largest absolute Gasteiger partial charge is 0.309 e. The van der Waals surface area contributed by atoms with Crippen molar-refractivity contribution in [3.63, 3.8) is 0 Å². The highest BCUT2D eigenvalue weighted by Gasteiger charge is 2.28. The van der Waals surface area contributed by atoms with E-state index in [1.165, 1.54) is 4.31 Å². The van der Waals surface area contributed by atoms with Crippen LogP contribution < -0.4 is 5.56 Å². The molecule has 170 valence electrons. The van der Waals surface area contributed by atoms with Gasteiger partial charge in [-0.1, -0.05) is 37.6 Å². The molecule has 1 saturated heterocycles. The average Bonchev–Trinajstić information content (AvgIpc) is 2.78. The van der Waals surface area contributed by atoms with Gasteiger partial charge in [0, 0.05) is 31.2 Å². The fourth-order valence-electron chi connectivity index (χ4n) is 3.93. The molecule has 1 N–H and O–H groups in total. The van der Waals surface area contributed by atoms with Gasteiger partial charge in [-0.25, -0.2) is 13.4 Å². The summed E-state index contributed by atoms with van der Waals surface area (Å²) in [5.74, 6) is 0.947. The summed E-state index contributed by atoms with van der Waals surface area (Å²) >= 11 is 6.03. The van der Waals surface area contributed by atoms with Gasteiger partial charge in [-0.2, -0.15) is 4.31 Å². The molecule has 9 heteroatoms. The Bertz CT molecular complexity index is 1270. The molecule has 32 heavy (non-hydrogen) atoms. The van der Waals surface area contributed by atoms with Crippen LogP contribution in [-0.4, -0.2) is 53.8 Å². The summed E-state index contributed by atoms with van der Waals surface area (Å²) in [5.41, 5.74) is 1.50. The van der Waals surface area contributed by atoms with E-state index in [0.717, 1.165) is 12.0 Å². The van der Waals surface area contributed by atoms with Crippen molar-refractivity contribution in [2.45, 2.75) is 37.6 Å². The molecular formula is C23H27ClN4O3S. The van der Waals surface area contributed by atoms with E-state index in [1.807, 2.05) is 12.1 Å². The molecule has 1 atom stereocenters. The predicted molar refractivity (Wildman–Crippen MR) is 127 cm³/mol. The van der Waals surface area contributed by atoms with Crippen LogP contribution in [0.25, 0.3) is 10.9 Å². The standard InChI is InChI=1S/C23H27ClN4O3S/c1-3-16(2)17-4-7-19(8-5-17)32(30,31)28-12-10-27(11-13-28)15-22-25-21-14-18(24)6-9-20(21)23(29)26-22/h4-9,14,16H,3,10-13,15H2,1-2H3,(H,25,26,29). The van der Waals surface area contributed by atoms with E-state index in [1.54, 1.807) is 30.3 Å². The predicted octanol–water partition coefficient (Wildman–Crippen LogP) is 3.60. The fraction of sp³-hybridized carbons (Fsp3) is 0.391. The van der Waals surface area contributed by atoms with E-state index in [4.69, 9.17) is 11.6 Å². The number of rotatable bonds is 6. The number of fused-ring (bicyclic) bond motifs is 1. The second-order valence-corrected chi connectivity index (χ2v) is 10.6. The number of hydrogen-bond donors (Lipinski definition) is 1. The number of nitrogens with zero attached hydrogens (tertiary/aromatic N) is 3. The number of nitrogens with one attached hydrogen (secondary N) is 1. The van der Waals surface area contributed by atoms with E-state index in [0.29, 0.717) is 65.3 Å². The molecule has 2 aromatic carbocycles. The minimum atomic E-state index is -3.53. The topological polar surface area (TPSA) is 86.4 Å². The maximum Gasteiger partial charge on any atom is 0.258 e. The van der Waals surface area contributed by atoms with Gasteiger partial charge in [0.1, 0.15) is 5.82 Å². The van der Waals surface area contributed by atoms with Crippen molar-refractivity contribution in [2.75, 3.05) is 26.2 Å². The summed E-state index contributed by atoms with van der Waals surface area (Å²) in [4.78, 5) is 22.1. The zero-order valence-electron chi connectivity index (χ0n) is 18.2. The summed E-state index contributed by atoms with van der Waals surface area (Å²) < 4.78 is 27.6. The van der Waals surface area contributed by atoms with Crippen LogP contribution >= 0.6 is 11.6 Å². The molecule has 1 aromatic heterocycles. The summed E-state index contributed by atoms with van der Waals surface area (Å²) in [6.45, 7) is 6.58. The van der Waals surface area contributed by atoms with Crippen LogP contribution in [0.15, 0.2) is 52.2 Å². The highest BCUT2D eigenvalue weighted by molar-refractivity contribution is 7.89. The number of hydrogen-bond acceptors (Lipinski definition) is 5. The van der Waals surface area contributed by atoms with Crippen molar-refractivity contribution in [1.29, 1.82) is 0 Å². The molecule has 0 spiro atoms. The third-order valence-electron chi connectivity index (χ3n) is 6.12. The van der Waals surface area contributed by atoms with Crippen LogP contribution in [0, 0.1) is 0 Å². The molecule has 0 amide bonds. The second kappa shape index (κ2) is 9.31. The third-order valence-corrected chi connectivity index (χ3v) is 8.27. The molecule has 2 heterocycles. The molecule has 1 aliphatic heterocycles. The normalized spacial score (nSPS) is 17.0. The molecule has 1 unspecified atom stereocenters. The van der Waals surface area contributed by atoms with Crippen molar-refractivity contribution in [3.8, 4) is 0 Å². The maximum atomic E-state index is 13.1. The zero-order chi connectivity index (χ0) is 22.9. The van der Waals surface area contributed by atoms with Crippen LogP contribution in [0.1, 0.15) is 37.6 Å². The van der Waals surface area contributed by atoms with Gasteiger partial charge >= 0.3 is 0 Å². The van der Waals surface area contributed by atoms with Crippen LogP contribution in [0.3, 0.4) is 0 Å². The minimum absolute atomic E-state index is 0.205. The van der Waals surface area contributed by atoms with Gasteiger partial charge in [-0.05, 0) is 48.2 Å². The summed E-state index contributed by atoms with van der Waals surface area (Å²) in [5, 5.41) is 1.02. The van der Waals surface area contributed by atoms with Gasteiger partial charge in [0.2, 0.25) is 10.0 Å². The molecule has 0 bridgehead atoms. The number of piperazine rings is 1. The minimum Gasteiger partial charge on any atom is -0.309 e. The SMILES string of the molecule is CCC(C)c1ccc(S(=O)(=O)N2CCN(Cc3nc4cc(Cl)ccc4c(=O)[nH]3)CC2)cc1. The first kappa shape index (κ1) is 22.9. The van der Waals surface area contributed by atoms with Gasteiger partial charge in [0.05, 0.1) is 22.3 Å². The van der Waals surface area contributed by atoms with Crippen LogP contribution in [0.2, 0.25) is 5.02 Å². The van der Waals surface area contributed by atoms with E-state index in [2.05, 4.69) is 28.7 Å². The highest BCUT2D eigenvalue weighted by Crippen LogP contribution is 2.23. The number of aromatic amines is 1. The monoisotopic (exact) mass is 474 g/mol. The Morgan fingerprint density at radius 2 is 1.78 bits per heavy atom. The summed E-state index contributed by atoms with van der Waals surface area (Å²) in [7, 11) is -3.53. The Kier molecular flexibility index (Phi) is 6.67. The Balaban J connectivity index is 1.43. The molecule has 0 aliphatic carbocycles. The summed E-state index contributed by atoms with van der Waals surface area (Å²) in [6, 6.07) is 12.2. The lowest BCUT2D eigenvalue weighted by Gasteiger charge is -2.33. The molecule has 4 rings (SSSR count). The third kappa shape index (κ3) is 4.73. The van der Waals surface area contributed by atoms with Gasteiger partial charge in [-0.3, -0.25) is 9.69 Å². The zero-order valence-corrected chi connectivity index (χ0v) is 19.8. The van der Waals surface area contributed by atoms with Crippen LogP contribution in [0.5, 0.6) is 0 Å². The van der Waals surface area contributed by atoms with Gasteiger partial charge < -0.3 is 4.98 Å². The lowest BCUT2D eigenvalue weighted by Crippen LogP contribution is -2.48. The van der Waals surface area contributed by atoms with Crippen LogP contribution in [-0.2, 0) is 16.6 Å². The summed E-state index contributed by atoms with van der Waals surface area (Å²) in [6.07, 6.45) is 1.01. The molecule has 3 aromatic rings. The van der Waals surface area contributed by atoms with Gasteiger partial charge in [0.15, 0.2) is 0 Å². The van der Waals surface area contributed by atoms with Crippen molar-refractivity contribution in [3.05, 3.63) is 69.2 Å². The van der Waals surface area contributed by atoms with Gasteiger partial charge in [-0.15, -0.1) is 0 Å². The fourth-order valence-corrected chi connectivity index (χ4v) is 5.52. The first-order valence-electron chi connectivity index (χ1n) is 10.8. The number of sulfonamides is 1. The molecule has 1 fully saturated rings. The van der Waals surface area contributed by atoms with Crippen molar-refractivity contribution in [2.24, 2.45) is 0 Å². The highest BCUT2D eigenvalue weighted by atomic mass is 35.5. The number of H-pyrrole nitrogens is 1. The Hall–Kier alpha value is -2.26. The molecule has 0 radical (unpaired) electrons. The lowest BCUT2D eigenvalue weighted by molar-refractivity contribution is 0.178. The van der Waals surface area contributed by atoms with Crippen molar-refractivity contribution in [1.82, 2.24) is 19.2 Å². The maximum absolute atomic E-state index is 13.1. The Labute approximate surface area is 193 Å². The Morgan fingerprint density at radius 3 is 2.44 bits per heavy atom. The van der Waals surface area contributed by atoms with Crippen LogP contribution in [0.4, 0.5) is 0 Å². The first-order chi connectivity index (χ1) is 15.3. The van der Waals surface area contributed by atoms with E-state index < -0.39 is 10.0 Å². The Morgan fingerprint density at radius 1 is 1.09 bits per heavy atom. The molecule has 0 saturated carbocycles. The molecular weight excluding hydrogens is 448 g/mol. The molecule has 7 nitrogen and oxygen atoms in total. The number of halogens is 1. The van der Waals surface area contributed by atoms with Gasteiger partial charge in [0.25, 0.3) is 5.56 Å².